The second kappa shape index (κ2) is 8.70. The zero-order chi connectivity index (χ0) is 18.4. The zero-order valence-corrected chi connectivity index (χ0v) is 15.7. The Bertz CT molecular complexity index is 901. The van der Waals surface area contributed by atoms with Gasteiger partial charge in [0.15, 0.2) is 10.1 Å². The number of carbonyl (C=O) groups excluding carboxylic acids is 1. The van der Waals surface area contributed by atoms with Crippen molar-refractivity contribution in [2.75, 3.05) is 5.32 Å². The van der Waals surface area contributed by atoms with E-state index in [-0.39, 0.29) is 17.6 Å². The summed E-state index contributed by atoms with van der Waals surface area (Å²) in [4.78, 5) is 12.0. The average Bonchev–Trinajstić information content (AvgIpc) is 3.09. The molecule has 0 bridgehead atoms. The molecule has 0 unspecified atom stereocenters. The van der Waals surface area contributed by atoms with Crippen LogP contribution in [0.15, 0.2) is 54.6 Å². The Hall–Kier alpha value is -2.55. The van der Waals surface area contributed by atoms with Crippen LogP contribution in [0.5, 0.6) is 5.75 Å². The van der Waals surface area contributed by atoms with E-state index in [4.69, 9.17) is 28.6 Å². The maximum Gasteiger partial charge on any atom is 0.257 e. The minimum atomic E-state index is -0.293. The molecule has 132 valence electrons. The number of hydrogen-bond donors (Lipinski definition) is 2. The quantitative estimate of drug-likeness (QED) is 0.628. The van der Waals surface area contributed by atoms with Crippen LogP contribution in [0.1, 0.15) is 15.4 Å². The summed E-state index contributed by atoms with van der Waals surface area (Å²) >= 11 is 12.2. The summed E-state index contributed by atoms with van der Waals surface area (Å²) in [5.74, 6) is 0.392. The number of anilines is 1. The summed E-state index contributed by atoms with van der Waals surface area (Å²) in [7, 11) is 0. The first-order valence-corrected chi connectivity index (χ1v) is 9.08. The van der Waals surface area contributed by atoms with E-state index in [1.54, 1.807) is 48.5 Å². The molecule has 2 N–H and O–H groups in total. The van der Waals surface area contributed by atoms with Crippen molar-refractivity contribution >= 4 is 51.3 Å². The summed E-state index contributed by atoms with van der Waals surface area (Å²) in [5.41, 5.74) is 0.519. The highest BCUT2D eigenvalue weighted by Gasteiger charge is 2.10. The summed E-state index contributed by atoms with van der Waals surface area (Å²) < 4.78 is 5.61. The van der Waals surface area contributed by atoms with Gasteiger partial charge < -0.3 is 10.1 Å². The molecule has 1 heterocycles. The van der Waals surface area contributed by atoms with Crippen LogP contribution in [0, 0.1) is 0 Å². The first-order valence-electron chi connectivity index (χ1n) is 7.48. The third kappa shape index (κ3) is 5.22. The van der Waals surface area contributed by atoms with Crippen molar-refractivity contribution in [2.45, 2.75) is 6.61 Å². The molecule has 1 amide bonds. The molecule has 0 aliphatic rings. The van der Waals surface area contributed by atoms with Crippen molar-refractivity contribution in [3.8, 4) is 5.75 Å². The Labute approximate surface area is 164 Å². The number of thiocarbonyl (C=S) groups is 1. The average molecular weight is 405 g/mol. The van der Waals surface area contributed by atoms with Gasteiger partial charge >= 0.3 is 0 Å². The van der Waals surface area contributed by atoms with Crippen molar-refractivity contribution in [3.05, 3.63) is 70.2 Å². The Kier molecular flexibility index (Phi) is 6.11. The second-order valence-corrected chi connectivity index (χ2v) is 6.92. The number of benzene rings is 2. The van der Waals surface area contributed by atoms with Crippen molar-refractivity contribution in [3.63, 3.8) is 0 Å². The summed E-state index contributed by atoms with van der Waals surface area (Å²) in [6, 6.07) is 15.8. The van der Waals surface area contributed by atoms with Crippen LogP contribution in [-0.2, 0) is 6.61 Å². The molecule has 9 heteroatoms. The lowest BCUT2D eigenvalue weighted by Crippen LogP contribution is -2.34. The first-order chi connectivity index (χ1) is 12.6. The van der Waals surface area contributed by atoms with Crippen molar-refractivity contribution in [1.82, 2.24) is 15.5 Å². The molecule has 0 aliphatic heterocycles. The molecule has 0 fully saturated rings. The normalized spacial score (nSPS) is 10.2. The number of ether oxygens (including phenoxy) is 1. The smallest absolute Gasteiger partial charge is 0.257 e. The lowest BCUT2D eigenvalue weighted by atomic mass is 10.2. The van der Waals surface area contributed by atoms with Crippen LogP contribution in [-0.4, -0.2) is 21.2 Å². The largest absolute Gasteiger partial charge is 0.486 e. The molecule has 3 rings (SSSR count). The van der Waals surface area contributed by atoms with E-state index in [0.29, 0.717) is 26.5 Å². The number of nitrogens with one attached hydrogen (secondary N) is 2. The van der Waals surface area contributed by atoms with Crippen LogP contribution in [0.25, 0.3) is 0 Å². The molecule has 0 saturated heterocycles. The number of amides is 1. The topological polar surface area (TPSA) is 76.1 Å². The fraction of sp³-hybridized carbons (Fsp3) is 0.0588. The van der Waals surface area contributed by atoms with Gasteiger partial charge in [-0.2, -0.15) is 0 Å². The molecule has 0 saturated carbocycles. The Morgan fingerprint density at radius 1 is 1.12 bits per heavy atom. The maximum atomic E-state index is 12.0. The van der Waals surface area contributed by atoms with Crippen LogP contribution >= 0.6 is 35.2 Å². The van der Waals surface area contributed by atoms with Crippen LogP contribution < -0.4 is 15.4 Å². The molecule has 3 aromatic rings. The number of rotatable bonds is 5. The summed E-state index contributed by atoms with van der Waals surface area (Å²) in [5, 5.41) is 15.4. The van der Waals surface area contributed by atoms with Gasteiger partial charge in [-0.1, -0.05) is 41.1 Å². The predicted octanol–water partition coefficient (Wildman–Crippen LogP) is 3.90. The van der Waals surface area contributed by atoms with Gasteiger partial charge in [-0.15, -0.1) is 10.2 Å². The minimum absolute atomic E-state index is 0.153. The maximum absolute atomic E-state index is 12.0. The molecule has 0 atom stereocenters. The number of aromatic nitrogens is 2. The second-order valence-electron chi connectivity index (χ2n) is 5.02. The third-order valence-electron chi connectivity index (χ3n) is 3.13. The van der Waals surface area contributed by atoms with E-state index in [1.807, 2.05) is 6.07 Å². The minimum Gasteiger partial charge on any atom is -0.486 e. The Morgan fingerprint density at radius 2 is 1.85 bits per heavy atom. The highest BCUT2D eigenvalue weighted by molar-refractivity contribution is 7.80. The van der Waals surface area contributed by atoms with E-state index in [2.05, 4.69) is 20.8 Å². The standard InChI is InChI=1S/C17H13ClN4O2S2/c18-12-6-8-13(9-7-12)24-10-14-21-22-17(26-14)20-16(25)19-15(23)11-4-2-1-3-5-11/h1-9H,10H2,(H2,19,20,22,23,25). The van der Waals surface area contributed by atoms with Crippen LogP contribution in [0.4, 0.5) is 5.13 Å². The predicted molar refractivity (Wildman–Crippen MR) is 106 cm³/mol. The molecule has 26 heavy (non-hydrogen) atoms. The SMILES string of the molecule is O=C(NC(=S)Nc1nnc(COc2ccc(Cl)cc2)s1)c1ccccc1. The first kappa shape index (κ1) is 18.2. The Balaban J connectivity index is 1.50. The third-order valence-corrected chi connectivity index (χ3v) is 4.39. The van der Waals surface area contributed by atoms with Crippen molar-refractivity contribution in [2.24, 2.45) is 0 Å². The molecule has 0 radical (unpaired) electrons. The van der Waals surface area contributed by atoms with Gasteiger partial charge in [-0.25, -0.2) is 0 Å². The van der Waals surface area contributed by atoms with E-state index >= 15 is 0 Å². The summed E-state index contributed by atoms with van der Waals surface area (Å²) in [6.45, 7) is 0.268. The Morgan fingerprint density at radius 3 is 2.58 bits per heavy atom. The van der Waals surface area contributed by atoms with E-state index in [9.17, 15) is 4.79 Å². The van der Waals surface area contributed by atoms with Gasteiger partial charge in [0.1, 0.15) is 12.4 Å². The monoisotopic (exact) mass is 404 g/mol. The lowest BCUT2D eigenvalue weighted by Gasteiger charge is -2.06. The fourth-order valence-corrected chi connectivity index (χ4v) is 2.97. The van der Waals surface area contributed by atoms with Gasteiger partial charge in [0.2, 0.25) is 5.13 Å². The number of carbonyl (C=O) groups is 1. The molecule has 2 aromatic carbocycles. The highest BCUT2D eigenvalue weighted by Crippen LogP contribution is 2.19. The number of hydrogen-bond acceptors (Lipinski definition) is 6. The molecule has 0 aliphatic carbocycles. The highest BCUT2D eigenvalue weighted by atomic mass is 35.5. The van der Waals surface area contributed by atoms with Gasteiger partial charge in [0.05, 0.1) is 0 Å². The number of halogens is 1. The van der Waals surface area contributed by atoms with Gasteiger partial charge in [0.25, 0.3) is 5.91 Å². The van der Waals surface area contributed by atoms with Crippen LogP contribution in [0.2, 0.25) is 5.02 Å². The summed E-state index contributed by atoms with van der Waals surface area (Å²) in [6.07, 6.45) is 0. The molecule has 6 nitrogen and oxygen atoms in total. The lowest BCUT2D eigenvalue weighted by molar-refractivity contribution is 0.0977. The van der Waals surface area contributed by atoms with E-state index in [1.165, 1.54) is 11.3 Å². The van der Waals surface area contributed by atoms with Crippen LogP contribution in [0.3, 0.4) is 0 Å². The molecule has 1 aromatic heterocycles. The van der Waals surface area contributed by atoms with Crippen molar-refractivity contribution < 1.29 is 9.53 Å². The van der Waals surface area contributed by atoms with Crippen molar-refractivity contribution in [1.29, 1.82) is 0 Å². The fourth-order valence-electron chi connectivity index (χ4n) is 1.93. The van der Waals surface area contributed by atoms with Gasteiger partial charge in [-0.05, 0) is 48.6 Å². The molecule has 0 spiro atoms. The van der Waals surface area contributed by atoms with Gasteiger partial charge in [-0.3, -0.25) is 10.1 Å². The number of nitrogens with zero attached hydrogens (tertiary/aromatic N) is 2. The van der Waals surface area contributed by atoms with E-state index in [0.717, 1.165) is 0 Å². The molecular weight excluding hydrogens is 392 g/mol. The zero-order valence-electron chi connectivity index (χ0n) is 13.3. The van der Waals surface area contributed by atoms with Gasteiger partial charge in [0, 0.05) is 10.6 Å². The molecular formula is C17H13ClN4O2S2. The van der Waals surface area contributed by atoms with E-state index < -0.39 is 0 Å².